The Morgan fingerprint density at radius 2 is 1.82 bits per heavy atom. The van der Waals surface area contributed by atoms with Crippen LogP contribution in [0, 0.1) is 5.92 Å². The molecule has 1 aliphatic heterocycles. The van der Waals surface area contributed by atoms with E-state index in [4.69, 9.17) is 16.3 Å². The summed E-state index contributed by atoms with van der Waals surface area (Å²) < 4.78 is 5.32. The number of halogens is 1. The normalized spacial score (nSPS) is 15.2. The number of hydrogen-bond acceptors (Lipinski definition) is 4. The molecular weight excluding hydrogens is 468 g/mol. The maximum atomic E-state index is 13.7. The average Bonchev–Trinajstić information content (AvgIpc) is 3.32. The van der Waals surface area contributed by atoms with Crippen LogP contribution in [0.15, 0.2) is 60.0 Å². The Kier molecular flexibility index (Phi) is 7.59. The summed E-state index contributed by atoms with van der Waals surface area (Å²) in [6, 6.07) is 16.6. The Hall–Kier alpha value is -2.83. The minimum atomic E-state index is -0.181. The van der Waals surface area contributed by atoms with E-state index in [9.17, 15) is 9.59 Å². The molecule has 2 aromatic carbocycles. The molecule has 1 atom stereocenters. The molecule has 178 valence electrons. The zero-order valence-electron chi connectivity index (χ0n) is 19.7. The molecule has 0 N–H and O–H groups in total. The zero-order valence-corrected chi connectivity index (χ0v) is 21.2. The summed E-state index contributed by atoms with van der Waals surface area (Å²) >= 11 is 7.73. The van der Waals surface area contributed by atoms with Gasteiger partial charge in [0.05, 0.1) is 13.2 Å². The molecule has 0 radical (unpaired) electrons. The van der Waals surface area contributed by atoms with E-state index in [1.165, 1.54) is 4.88 Å². The highest BCUT2D eigenvalue weighted by molar-refractivity contribution is 7.10. The van der Waals surface area contributed by atoms with Crippen LogP contribution >= 0.6 is 22.9 Å². The van der Waals surface area contributed by atoms with Crippen molar-refractivity contribution >= 4 is 34.8 Å². The van der Waals surface area contributed by atoms with E-state index in [0.29, 0.717) is 23.7 Å². The molecule has 4 rings (SSSR count). The van der Waals surface area contributed by atoms with Gasteiger partial charge in [0.25, 0.3) is 5.91 Å². The first-order valence-corrected chi connectivity index (χ1v) is 12.7. The number of hydrogen-bond donors (Lipinski definition) is 0. The third kappa shape index (κ3) is 5.29. The second kappa shape index (κ2) is 10.6. The molecule has 0 bridgehead atoms. The van der Waals surface area contributed by atoms with Gasteiger partial charge in [-0.25, -0.2) is 0 Å². The molecule has 1 aliphatic rings. The fourth-order valence-corrected chi connectivity index (χ4v) is 5.45. The van der Waals surface area contributed by atoms with Gasteiger partial charge < -0.3 is 14.5 Å². The molecule has 3 aromatic rings. The molecule has 0 aliphatic carbocycles. The molecule has 0 spiro atoms. The minimum absolute atomic E-state index is 0.0335. The van der Waals surface area contributed by atoms with Crippen LogP contribution in [-0.2, 0) is 11.2 Å². The van der Waals surface area contributed by atoms with E-state index in [1.807, 2.05) is 43.0 Å². The van der Waals surface area contributed by atoms with Crippen LogP contribution in [0.5, 0.6) is 5.75 Å². The van der Waals surface area contributed by atoms with Gasteiger partial charge in [0.1, 0.15) is 12.3 Å². The van der Waals surface area contributed by atoms with Crippen LogP contribution in [0.25, 0.3) is 0 Å². The summed E-state index contributed by atoms with van der Waals surface area (Å²) in [5.74, 6) is 0.791. The molecule has 0 saturated heterocycles. The summed E-state index contributed by atoms with van der Waals surface area (Å²) in [6.45, 7) is 5.24. The topological polar surface area (TPSA) is 49.9 Å². The van der Waals surface area contributed by atoms with Gasteiger partial charge in [-0.1, -0.05) is 37.6 Å². The van der Waals surface area contributed by atoms with E-state index in [1.54, 1.807) is 47.6 Å². The molecule has 0 fully saturated rings. The van der Waals surface area contributed by atoms with Crippen LogP contribution in [0.4, 0.5) is 0 Å². The van der Waals surface area contributed by atoms with Crippen molar-refractivity contribution < 1.29 is 14.3 Å². The van der Waals surface area contributed by atoms with E-state index in [2.05, 4.69) is 11.4 Å². The standard InChI is InChI=1S/C27H29ClN2O3S/c1-18(2)16-29(27(32)20-4-8-21(28)9-5-20)17-25(31)30-14-12-24-23(13-15-34-24)26(30)19-6-10-22(33-3)11-7-19/h4-11,13,15,18,26H,12,14,16-17H2,1-3H3. The van der Waals surface area contributed by atoms with Crippen LogP contribution < -0.4 is 4.74 Å². The number of thiophene rings is 1. The Morgan fingerprint density at radius 1 is 1.12 bits per heavy atom. The van der Waals surface area contributed by atoms with E-state index in [0.717, 1.165) is 23.3 Å². The predicted octanol–water partition coefficient (Wildman–Crippen LogP) is 5.68. The highest BCUT2D eigenvalue weighted by Gasteiger charge is 2.34. The lowest BCUT2D eigenvalue weighted by atomic mass is 9.93. The van der Waals surface area contributed by atoms with Gasteiger partial charge in [-0.2, -0.15) is 0 Å². The van der Waals surface area contributed by atoms with Crippen LogP contribution in [0.3, 0.4) is 0 Å². The minimum Gasteiger partial charge on any atom is -0.497 e. The largest absolute Gasteiger partial charge is 0.497 e. The van der Waals surface area contributed by atoms with Crippen molar-refractivity contribution in [1.29, 1.82) is 0 Å². The van der Waals surface area contributed by atoms with Gasteiger partial charge >= 0.3 is 0 Å². The van der Waals surface area contributed by atoms with Crippen molar-refractivity contribution in [3.8, 4) is 5.75 Å². The number of methoxy groups -OCH3 is 1. The third-order valence-corrected chi connectivity index (χ3v) is 7.26. The molecule has 2 amide bonds. The van der Waals surface area contributed by atoms with E-state index >= 15 is 0 Å². The average molecular weight is 497 g/mol. The number of rotatable bonds is 7. The Bertz CT molecular complexity index is 1140. The Labute approximate surface area is 209 Å². The van der Waals surface area contributed by atoms with E-state index in [-0.39, 0.29) is 30.3 Å². The smallest absolute Gasteiger partial charge is 0.254 e. The quantitative estimate of drug-likeness (QED) is 0.422. The summed E-state index contributed by atoms with van der Waals surface area (Å²) in [4.78, 5) is 31.9. The van der Waals surface area contributed by atoms with Gasteiger partial charge in [0.15, 0.2) is 0 Å². The first kappa shape index (κ1) is 24.3. The lowest BCUT2D eigenvalue weighted by molar-refractivity contribution is -0.134. The van der Waals surface area contributed by atoms with Gasteiger partial charge in [-0.3, -0.25) is 9.59 Å². The van der Waals surface area contributed by atoms with Gasteiger partial charge in [-0.15, -0.1) is 11.3 Å². The predicted molar refractivity (Wildman–Crippen MR) is 137 cm³/mol. The lowest BCUT2D eigenvalue weighted by Gasteiger charge is -2.38. The SMILES string of the molecule is COc1ccc(C2c3ccsc3CCN2C(=O)CN(CC(C)C)C(=O)c2ccc(Cl)cc2)cc1. The summed E-state index contributed by atoms with van der Waals surface area (Å²) in [5, 5.41) is 2.66. The number of ether oxygens (including phenoxy) is 1. The van der Waals surface area contributed by atoms with Crippen molar-refractivity contribution in [2.75, 3.05) is 26.7 Å². The first-order valence-electron chi connectivity index (χ1n) is 11.4. The van der Waals surface area contributed by atoms with Crippen molar-refractivity contribution in [2.45, 2.75) is 26.3 Å². The van der Waals surface area contributed by atoms with Crippen molar-refractivity contribution in [1.82, 2.24) is 9.80 Å². The second-order valence-electron chi connectivity index (χ2n) is 8.90. The molecule has 1 aromatic heterocycles. The summed E-state index contributed by atoms with van der Waals surface area (Å²) in [7, 11) is 1.64. The monoisotopic (exact) mass is 496 g/mol. The molecule has 7 heteroatoms. The van der Waals surface area contributed by atoms with Gasteiger partial charge in [-0.05, 0) is 71.3 Å². The van der Waals surface area contributed by atoms with Gasteiger partial charge in [0, 0.05) is 28.6 Å². The fourth-order valence-electron chi connectivity index (χ4n) is 4.42. The number of fused-ring (bicyclic) bond motifs is 1. The molecule has 1 unspecified atom stereocenters. The molecule has 5 nitrogen and oxygen atoms in total. The van der Waals surface area contributed by atoms with Gasteiger partial charge in [0.2, 0.25) is 5.91 Å². The number of benzene rings is 2. The van der Waals surface area contributed by atoms with Crippen molar-refractivity contribution in [2.24, 2.45) is 5.92 Å². The second-order valence-corrected chi connectivity index (χ2v) is 10.3. The highest BCUT2D eigenvalue weighted by atomic mass is 35.5. The van der Waals surface area contributed by atoms with Crippen LogP contribution in [-0.4, -0.2) is 48.4 Å². The summed E-state index contributed by atoms with van der Waals surface area (Å²) in [5.41, 5.74) is 2.73. The zero-order chi connectivity index (χ0) is 24.2. The summed E-state index contributed by atoms with van der Waals surface area (Å²) in [6.07, 6.45) is 0.820. The molecule has 0 saturated carbocycles. The lowest BCUT2D eigenvalue weighted by Crippen LogP contribution is -2.47. The van der Waals surface area contributed by atoms with Crippen molar-refractivity contribution in [3.05, 3.63) is 86.6 Å². The number of nitrogens with zero attached hydrogens (tertiary/aromatic N) is 2. The number of amides is 2. The fraction of sp³-hybridized carbons (Fsp3) is 0.333. The van der Waals surface area contributed by atoms with Crippen LogP contribution in [0.2, 0.25) is 5.02 Å². The molecule has 34 heavy (non-hydrogen) atoms. The first-order chi connectivity index (χ1) is 16.4. The molecular formula is C27H29ClN2O3S. The Morgan fingerprint density at radius 3 is 2.47 bits per heavy atom. The maximum Gasteiger partial charge on any atom is 0.254 e. The van der Waals surface area contributed by atoms with Crippen molar-refractivity contribution in [3.63, 3.8) is 0 Å². The van der Waals surface area contributed by atoms with E-state index < -0.39 is 0 Å². The number of carbonyl (C=O) groups excluding carboxylic acids is 2. The molecule has 2 heterocycles. The Balaban J connectivity index is 1.61. The third-order valence-electron chi connectivity index (χ3n) is 6.01. The van der Waals surface area contributed by atoms with Crippen LogP contribution in [0.1, 0.15) is 46.3 Å². The highest BCUT2D eigenvalue weighted by Crippen LogP contribution is 2.38. The maximum absolute atomic E-state index is 13.7. The number of carbonyl (C=O) groups is 2.